The van der Waals surface area contributed by atoms with E-state index in [1.807, 2.05) is 23.5 Å². The van der Waals surface area contributed by atoms with E-state index < -0.39 is 50.0 Å². The molecule has 2 aromatic rings. The molecule has 1 unspecified atom stereocenters. The number of benzene rings is 1. The lowest BCUT2D eigenvalue weighted by Crippen LogP contribution is -2.39. The maximum Gasteiger partial charge on any atom is 0.281 e. The van der Waals surface area contributed by atoms with Gasteiger partial charge in [0.2, 0.25) is 11.6 Å². The van der Waals surface area contributed by atoms with Gasteiger partial charge in [-0.1, -0.05) is 25.6 Å². The Balaban J connectivity index is 1.92. The summed E-state index contributed by atoms with van der Waals surface area (Å²) in [7, 11) is -4.56. The fourth-order valence-corrected chi connectivity index (χ4v) is 5.14. The lowest BCUT2D eigenvalue weighted by atomic mass is 9.97. The van der Waals surface area contributed by atoms with Crippen LogP contribution in [0.3, 0.4) is 0 Å². The summed E-state index contributed by atoms with van der Waals surface area (Å²) in [4.78, 5) is 23.1. The van der Waals surface area contributed by atoms with Crippen LogP contribution in [0.2, 0.25) is 0 Å². The van der Waals surface area contributed by atoms with E-state index in [-0.39, 0.29) is 16.9 Å². The van der Waals surface area contributed by atoms with Gasteiger partial charge in [0.25, 0.3) is 15.9 Å². The van der Waals surface area contributed by atoms with Crippen LogP contribution in [0.5, 0.6) is 11.6 Å². The molecular weight excluding hydrogens is 509 g/mol. The average Bonchev–Trinajstić information content (AvgIpc) is 3.07. The minimum atomic E-state index is -4.56. The van der Waals surface area contributed by atoms with Crippen LogP contribution >= 0.6 is 0 Å². The van der Waals surface area contributed by atoms with Crippen molar-refractivity contribution in [3.8, 4) is 11.6 Å². The zero-order valence-electron chi connectivity index (χ0n) is 20.8. The number of hydrogen-bond acceptors (Lipinski definition) is 7. The van der Waals surface area contributed by atoms with Crippen LogP contribution in [0.25, 0.3) is 0 Å². The lowest BCUT2D eigenvalue weighted by molar-refractivity contribution is -0.115. The topological polar surface area (TPSA) is 101 Å². The zero-order chi connectivity index (χ0) is 27.5. The Labute approximate surface area is 213 Å². The number of likely N-dealkylation sites (tertiary alicyclic amines) is 1. The van der Waals surface area contributed by atoms with E-state index in [2.05, 4.69) is 23.5 Å². The number of pyridine rings is 1. The highest BCUT2D eigenvalue weighted by atomic mass is 32.2. The first-order valence-corrected chi connectivity index (χ1v) is 12.8. The van der Waals surface area contributed by atoms with Crippen molar-refractivity contribution in [2.75, 3.05) is 6.54 Å². The third-order valence-electron chi connectivity index (χ3n) is 5.64. The number of nitrogens with zero attached hydrogens (tertiary/aromatic N) is 3. The second-order valence-electron chi connectivity index (χ2n) is 9.11. The highest BCUT2D eigenvalue weighted by molar-refractivity contribution is 7.90. The third-order valence-corrected chi connectivity index (χ3v) is 6.87. The van der Waals surface area contributed by atoms with Crippen molar-refractivity contribution in [2.45, 2.75) is 44.7 Å². The molecule has 0 radical (unpaired) electrons. The van der Waals surface area contributed by atoms with Crippen molar-refractivity contribution in [3.63, 3.8) is 0 Å². The number of carbonyl (C=O) groups excluding carboxylic acids is 1. The molecule has 0 aliphatic carbocycles. The van der Waals surface area contributed by atoms with Gasteiger partial charge < -0.3 is 9.64 Å². The van der Waals surface area contributed by atoms with Crippen LogP contribution in [-0.2, 0) is 14.8 Å². The van der Waals surface area contributed by atoms with Crippen molar-refractivity contribution in [1.29, 1.82) is 0 Å². The molecule has 2 heterocycles. The number of carbonyl (C=O) groups is 1. The Kier molecular flexibility index (Phi) is 8.11. The molecule has 3 rings (SSSR count). The number of rotatable bonds is 8. The number of ether oxygens (including phenoxy) is 1. The van der Waals surface area contributed by atoms with Crippen LogP contribution in [0, 0.1) is 23.4 Å². The molecule has 1 aromatic carbocycles. The molecule has 1 saturated heterocycles. The molecule has 1 aliphatic heterocycles. The van der Waals surface area contributed by atoms with E-state index in [0.717, 1.165) is 18.6 Å². The molecule has 1 amide bonds. The molecule has 37 heavy (non-hydrogen) atoms. The van der Waals surface area contributed by atoms with Crippen LogP contribution in [-0.4, -0.2) is 42.5 Å². The Bertz CT molecular complexity index is 1370. The molecule has 1 aromatic heterocycles. The van der Waals surface area contributed by atoms with Gasteiger partial charge in [0, 0.05) is 36.5 Å². The molecule has 1 aliphatic rings. The zero-order valence-corrected chi connectivity index (χ0v) is 21.6. The summed E-state index contributed by atoms with van der Waals surface area (Å²) >= 11 is 0. The summed E-state index contributed by atoms with van der Waals surface area (Å²) < 4.78 is 73.9. The fourth-order valence-electron chi connectivity index (χ4n) is 4.21. The van der Waals surface area contributed by atoms with E-state index in [1.165, 1.54) is 18.4 Å². The number of aromatic nitrogens is 1. The first-order chi connectivity index (χ1) is 17.3. The Morgan fingerprint density at radius 3 is 2.46 bits per heavy atom. The number of hydrogen-bond donors (Lipinski definition) is 1. The maximum atomic E-state index is 13.9. The SMILES string of the molecule is C=C/C(C(=O)NS(=O)(=O)c1cccc(Oc2c(F)cc(F)cc2F)n1)=C(\N=C/C)N1CC(C)CC1(C)C. The maximum absolute atomic E-state index is 13.9. The predicted octanol–water partition coefficient (Wildman–Crippen LogP) is 4.70. The average molecular weight is 537 g/mol. The normalized spacial score (nSPS) is 18.0. The van der Waals surface area contributed by atoms with E-state index in [9.17, 15) is 26.4 Å². The van der Waals surface area contributed by atoms with Crippen molar-refractivity contribution in [1.82, 2.24) is 14.6 Å². The molecule has 0 bridgehead atoms. The molecule has 8 nitrogen and oxygen atoms in total. The summed E-state index contributed by atoms with van der Waals surface area (Å²) in [6.07, 6.45) is 3.56. The van der Waals surface area contributed by atoms with Crippen molar-refractivity contribution in [3.05, 3.63) is 71.8 Å². The van der Waals surface area contributed by atoms with Gasteiger partial charge in [-0.05, 0) is 39.2 Å². The molecule has 198 valence electrons. The Hall–Kier alpha value is -3.67. The molecule has 1 N–H and O–H groups in total. The summed E-state index contributed by atoms with van der Waals surface area (Å²) in [5.41, 5.74) is -0.404. The highest BCUT2D eigenvalue weighted by Crippen LogP contribution is 2.37. The smallest absolute Gasteiger partial charge is 0.281 e. The minimum absolute atomic E-state index is 0.0632. The van der Waals surface area contributed by atoms with Gasteiger partial charge in [-0.15, -0.1) is 0 Å². The quantitative estimate of drug-likeness (QED) is 0.298. The standard InChI is InChI=1S/C25H27F3N4O4S/c1-6-17(23(29-7-2)32-14-15(3)13-25(32,4)5)24(33)31-37(34,35)21-10-8-9-20(30-21)36-22-18(27)11-16(26)12-19(22)28/h6-12,15H,1,13-14H2,2-5H3,(H,31,33)/b23-17-,29-7-. The van der Waals surface area contributed by atoms with Gasteiger partial charge in [-0.2, -0.15) is 13.4 Å². The molecule has 12 heteroatoms. The predicted molar refractivity (Wildman–Crippen MR) is 132 cm³/mol. The van der Waals surface area contributed by atoms with Crippen molar-refractivity contribution < 1.29 is 31.1 Å². The van der Waals surface area contributed by atoms with Crippen LogP contribution < -0.4 is 9.46 Å². The van der Waals surface area contributed by atoms with Gasteiger partial charge in [0.15, 0.2) is 16.7 Å². The van der Waals surface area contributed by atoms with E-state index in [1.54, 1.807) is 6.92 Å². The van der Waals surface area contributed by atoms with Crippen LogP contribution in [0.4, 0.5) is 13.2 Å². The summed E-state index contributed by atoms with van der Waals surface area (Å²) in [6, 6.07) is 4.21. The van der Waals surface area contributed by atoms with Gasteiger partial charge in [-0.3, -0.25) is 4.79 Å². The number of sulfonamides is 1. The number of amides is 1. The van der Waals surface area contributed by atoms with Crippen LogP contribution in [0.15, 0.2) is 64.4 Å². The van der Waals surface area contributed by atoms with Gasteiger partial charge in [0.1, 0.15) is 11.6 Å². The number of halogens is 3. The van der Waals surface area contributed by atoms with Gasteiger partial charge in [-0.25, -0.2) is 22.9 Å². The van der Waals surface area contributed by atoms with E-state index in [4.69, 9.17) is 4.74 Å². The fraction of sp³-hybridized carbons (Fsp3) is 0.320. The van der Waals surface area contributed by atoms with Gasteiger partial charge >= 0.3 is 0 Å². The molecule has 0 spiro atoms. The van der Waals surface area contributed by atoms with Crippen molar-refractivity contribution in [2.24, 2.45) is 10.9 Å². The monoisotopic (exact) mass is 536 g/mol. The molecular formula is C25H27F3N4O4S. The first kappa shape index (κ1) is 27.9. The summed E-state index contributed by atoms with van der Waals surface area (Å²) in [5.74, 6) is -5.70. The number of aliphatic imine (C=N–C) groups is 1. The highest BCUT2D eigenvalue weighted by Gasteiger charge is 2.39. The lowest BCUT2D eigenvalue weighted by Gasteiger charge is -2.34. The largest absolute Gasteiger partial charge is 0.433 e. The Morgan fingerprint density at radius 2 is 1.92 bits per heavy atom. The second kappa shape index (κ2) is 10.8. The summed E-state index contributed by atoms with van der Waals surface area (Å²) in [6.45, 7) is 12.0. The Morgan fingerprint density at radius 1 is 1.27 bits per heavy atom. The second-order valence-corrected chi connectivity index (χ2v) is 10.7. The molecule has 0 saturated carbocycles. The molecule has 1 fully saturated rings. The minimum Gasteiger partial charge on any atom is -0.433 e. The number of nitrogens with one attached hydrogen (secondary N) is 1. The van der Waals surface area contributed by atoms with Gasteiger partial charge in [0.05, 0.1) is 5.57 Å². The van der Waals surface area contributed by atoms with E-state index >= 15 is 0 Å². The summed E-state index contributed by atoms with van der Waals surface area (Å²) in [5, 5.41) is -0.652. The first-order valence-electron chi connectivity index (χ1n) is 11.3. The van der Waals surface area contributed by atoms with E-state index in [0.29, 0.717) is 24.6 Å². The van der Waals surface area contributed by atoms with Crippen molar-refractivity contribution >= 4 is 22.1 Å². The van der Waals surface area contributed by atoms with Crippen LogP contribution in [0.1, 0.15) is 34.1 Å². The third kappa shape index (κ3) is 6.19. The molecule has 1 atom stereocenters.